The van der Waals surface area contributed by atoms with Gasteiger partial charge in [-0.2, -0.15) is 11.3 Å². The van der Waals surface area contributed by atoms with Gasteiger partial charge in [0.1, 0.15) is 0 Å². The fourth-order valence-electron chi connectivity index (χ4n) is 2.52. The van der Waals surface area contributed by atoms with E-state index in [4.69, 9.17) is 5.73 Å². The molecule has 94 valence electrons. The highest BCUT2D eigenvalue weighted by molar-refractivity contribution is 7.07. The molecule has 1 aliphatic carbocycles. The quantitative estimate of drug-likeness (QED) is 0.864. The maximum atomic E-state index is 11.1. The van der Waals surface area contributed by atoms with Gasteiger partial charge in [-0.15, -0.1) is 0 Å². The number of nitrogens with two attached hydrogens (primary N) is 1. The molecule has 1 saturated carbocycles. The Morgan fingerprint density at radius 1 is 1.47 bits per heavy atom. The fraction of sp³-hybridized carbons (Fsp3) is 0.615. The van der Waals surface area contributed by atoms with E-state index in [1.807, 2.05) is 0 Å². The Kier molecular flexibility index (Phi) is 4.18. The molecule has 4 heteroatoms. The third kappa shape index (κ3) is 3.30. The lowest BCUT2D eigenvalue weighted by molar-refractivity contribution is -0.122. The largest absolute Gasteiger partial charge is 0.369 e. The first-order chi connectivity index (χ1) is 8.16. The van der Waals surface area contributed by atoms with Crippen molar-refractivity contribution < 1.29 is 4.79 Å². The van der Waals surface area contributed by atoms with Crippen LogP contribution >= 0.6 is 11.3 Å². The minimum Gasteiger partial charge on any atom is -0.369 e. The monoisotopic (exact) mass is 252 g/mol. The number of hydrogen-bond donors (Lipinski definition) is 2. The van der Waals surface area contributed by atoms with Gasteiger partial charge >= 0.3 is 0 Å². The first kappa shape index (κ1) is 12.6. The van der Waals surface area contributed by atoms with E-state index in [1.54, 1.807) is 11.3 Å². The Morgan fingerprint density at radius 2 is 2.18 bits per heavy atom. The van der Waals surface area contributed by atoms with Gasteiger partial charge in [-0.3, -0.25) is 4.79 Å². The highest BCUT2D eigenvalue weighted by Crippen LogP contribution is 2.26. The highest BCUT2D eigenvalue weighted by atomic mass is 32.1. The first-order valence-electron chi connectivity index (χ1n) is 6.24. The lowest BCUT2D eigenvalue weighted by Gasteiger charge is -2.29. The van der Waals surface area contributed by atoms with Crippen LogP contribution in [0.3, 0.4) is 0 Å². The number of carbonyl (C=O) groups is 1. The summed E-state index contributed by atoms with van der Waals surface area (Å²) in [4.78, 5) is 11.1. The molecule has 1 aliphatic rings. The molecule has 1 unspecified atom stereocenters. The van der Waals surface area contributed by atoms with Crippen LogP contribution in [0.4, 0.5) is 0 Å². The van der Waals surface area contributed by atoms with Crippen molar-refractivity contribution in [2.45, 2.75) is 44.7 Å². The molecule has 1 aromatic rings. The van der Waals surface area contributed by atoms with Crippen LogP contribution in [0.25, 0.3) is 0 Å². The first-order valence-corrected chi connectivity index (χ1v) is 7.18. The Morgan fingerprint density at radius 3 is 2.71 bits per heavy atom. The van der Waals surface area contributed by atoms with Crippen molar-refractivity contribution in [2.24, 2.45) is 11.7 Å². The number of rotatable bonds is 4. The molecule has 0 radical (unpaired) electrons. The summed E-state index contributed by atoms with van der Waals surface area (Å²) in [5, 5.41) is 7.93. The smallest absolute Gasteiger partial charge is 0.220 e. The van der Waals surface area contributed by atoms with E-state index in [-0.39, 0.29) is 11.8 Å². The molecular weight excluding hydrogens is 232 g/mol. The second kappa shape index (κ2) is 5.65. The van der Waals surface area contributed by atoms with Crippen molar-refractivity contribution in [1.29, 1.82) is 0 Å². The molecule has 2 rings (SSSR count). The van der Waals surface area contributed by atoms with Crippen molar-refractivity contribution in [1.82, 2.24) is 5.32 Å². The summed E-state index contributed by atoms with van der Waals surface area (Å²) in [5.74, 6) is -0.0289. The lowest BCUT2D eigenvalue weighted by atomic mass is 9.85. The van der Waals surface area contributed by atoms with Crippen LogP contribution in [-0.4, -0.2) is 11.9 Å². The number of primary amides is 1. The molecule has 0 bridgehead atoms. The van der Waals surface area contributed by atoms with Gasteiger partial charge in [-0.1, -0.05) is 0 Å². The van der Waals surface area contributed by atoms with E-state index in [9.17, 15) is 4.79 Å². The Bertz CT molecular complexity index is 356. The van der Waals surface area contributed by atoms with Crippen LogP contribution in [0.15, 0.2) is 16.8 Å². The Hall–Kier alpha value is -0.870. The molecule has 1 fully saturated rings. The number of carbonyl (C=O) groups excluding carboxylic acids is 1. The zero-order valence-electron chi connectivity index (χ0n) is 10.2. The average molecular weight is 252 g/mol. The van der Waals surface area contributed by atoms with Gasteiger partial charge in [0.05, 0.1) is 0 Å². The molecular formula is C13H20N2OS. The van der Waals surface area contributed by atoms with Crippen molar-refractivity contribution in [3.05, 3.63) is 22.4 Å². The zero-order valence-corrected chi connectivity index (χ0v) is 11.0. The van der Waals surface area contributed by atoms with Crippen molar-refractivity contribution in [3.8, 4) is 0 Å². The van der Waals surface area contributed by atoms with Crippen LogP contribution in [0.5, 0.6) is 0 Å². The van der Waals surface area contributed by atoms with E-state index in [1.165, 1.54) is 5.56 Å². The van der Waals surface area contributed by atoms with Gasteiger partial charge in [-0.25, -0.2) is 0 Å². The van der Waals surface area contributed by atoms with Gasteiger partial charge in [0.25, 0.3) is 0 Å². The van der Waals surface area contributed by atoms with Crippen LogP contribution in [0.2, 0.25) is 0 Å². The van der Waals surface area contributed by atoms with Crippen LogP contribution in [-0.2, 0) is 4.79 Å². The minimum atomic E-state index is -0.130. The molecule has 0 aliphatic heterocycles. The number of hydrogen-bond acceptors (Lipinski definition) is 3. The standard InChI is InChI=1S/C13H20N2OS/c1-9(11-6-7-17-8-11)15-12-4-2-10(3-5-12)13(14)16/h6-10,12,15H,2-5H2,1H3,(H2,14,16). The van der Waals surface area contributed by atoms with Crippen molar-refractivity contribution in [3.63, 3.8) is 0 Å². The van der Waals surface area contributed by atoms with E-state index in [2.05, 4.69) is 29.1 Å². The molecule has 0 aromatic carbocycles. The number of nitrogens with one attached hydrogen (secondary N) is 1. The minimum absolute atomic E-state index is 0.101. The van der Waals surface area contributed by atoms with E-state index in [0.29, 0.717) is 12.1 Å². The topological polar surface area (TPSA) is 55.1 Å². The third-order valence-electron chi connectivity index (χ3n) is 3.66. The summed E-state index contributed by atoms with van der Waals surface area (Å²) in [7, 11) is 0. The van der Waals surface area contributed by atoms with Crippen LogP contribution in [0.1, 0.15) is 44.2 Å². The fourth-order valence-corrected chi connectivity index (χ4v) is 3.27. The molecule has 3 nitrogen and oxygen atoms in total. The second-order valence-corrected chi connectivity index (χ2v) is 5.68. The number of thiophene rings is 1. The summed E-state index contributed by atoms with van der Waals surface area (Å²) in [6.45, 7) is 2.20. The van der Waals surface area contributed by atoms with Crippen molar-refractivity contribution in [2.75, 3.05) is 0 Å². The predicted molar refractivity (Wildman–Crippen MR) is 70.8 cm³/mol. The molecule has 0 saturated heterocycles. The normalized spacial score (nSPS) is 26.6. The van der Waals surface area contributed by atoms with Gasteiger partial charge in [0.15, 0.2) is 0 Å². The van der Waals surface area contributed by atoms with Gasteiger partial charge in [0.2, 0.25) is 5.91 Å². The van der Waals surface area contributed by atoms with Crippen molar-refractivity contribution >= 4 is 17.2 Å². The summed E-state index contributed by atoms with van der Waals surface area (Å²) < 4.78 is 0. The van der Waals surface area contributed by atoms with Gasteiger partial charge in [-0.05, 0) is 55.0 Å². The average Bonchev–Trinajstić information content (AvgIpc) is 2.83. The maximum absolute atomic E-state index is 11.1. The van der Waals surface area contributed by atoms with Crippen LogP contribution in [0, 0.1) is 5.92 Å². The van der Waals surface area contributed by atoms with E-state index >= 15 is 0 Å². The Balaban J connectivity index is 1.80. The summed E-state index contributed by atoms with van der Waals surface area (Å²) in [6, 6.07) is 3.09. The van der Waals surface area contributed by atoms with Gasteiger partial charge < -0.3 is 11.1 Å². The lowest BCUT2D eigenvalue weighted by Crippen LogP contribution is -2.37. The molecule has 0 spiro atoms. The predicted octanol–water partition coefficient (Wildman–Crippen LogP) is 2.44. The highest BCUT2D eigenvalue weighted by Gasteiger charge is 2.25. The maximum Gasteiger partial charge on any atom is 0.220 e. The Labute approximate surface area is 106 Å². The molecule has 1 atom stereocenters. The zero-order chi connectivity index (χ0) is 12.3. The molecule has 1 amide bonds. The summed E-state index contributed by atoms with van der Waals surface area (Å²) >= 11 is 1.73. The SMILES string of the molecule is CC(NC1CCC(C(N)=O)CC1)c1ccsc1. The molecule has 3 N–H and O–H groups in total. The molecule has 1 heterocycles. The summed E-state index contributed by atoms with van der Waals surface area (Å²) in [6.07, 6.45) is 3.98. The summed E-state index contributed by atoms with van der Waals surface area (Å²) in [5.41, 5.74) is 6.69. The van der Waals surface area contributed by atoms with E-state index < -0.39 is 0 Å². The molecule has 1 aromatic heterocycles. The van der Waals surface area contributed by atoms with E-state index in [0.717, 1.165) is 25.7 Å². The third-order valence-corrected chi connectivity index (χ3v) is 4.36. The molecule has 17 heavy (non-hydrogen) atoms. The van der Waals surface area contributed by atoms with Gasteiger partial charge in [0, 0.05) is 18.0 Å². The second-order valence-electron chi connectivity index (χ2n) is 4.90. The number of amides is 1. The van der Waals surface area contributed by atoms with Crippen LogP contribution < -0.4 is 11.1 Å².